The molecule has 0 aromatic heterocycles. The minimum Gasteiger partial charge on any atom is -0.464 e. The van der Waals surface area contributed by atoms with Crippen molar-refractivity contribution in [3.8, 4) is 0 Å². The molecule has 0 amide bonds. The Morgan fingerprint density at radius 1 is 1.50 bits per heavy atom. The molecule has 0 aromatic rings. The summed E-state index contributed by atoms with van der Waals surface area (Å²) < 4.78 is 4.78. The van der Waals surface area contributed by atoms with E-state index in [2.05, 4.69) is 0 Å². The van der Waals surface area contributed by atoms with Crippen molar-refractivity contribution in [2.75, 3.05) is 6.61 Å². The van der Waals surface area contributed by atoms with E-state index >= 15 is 0 Å². The molecule has 0 spiro atoms. The Bertz CT molecular complexity index is 170. The molecule has 0 radical (unpaired) electrons. The smallest absolute Gasteiger partial charge is 0.334 e. The zero-order valence-electron chi connectivity index (χ0n) is 8.47. The van der Waals surface area contributed by atoms with Gasteiger partial charge in [-0.2, -0.15) is 0 Å². The van der Waals surface area contributed by atoms with Crippen molar-refractivity contribution in [3.05, 3.63) is 0 Å². The average molecular weight is 190 g/mol. The Labute approximate surface area is 74.7 Å². The van der Waals surface area contributed by atoms with E-state index in [0.717, 1.165) is 0 Å². The van der Waals surface area contributed by atoms with Gasteiger partial charge in [-0.15, -0.1) is 0 Å². The lowest BCUT2D eigenvalue weighted by Crippen LogP contribution is -2.56. The third-order valence-electron chi connectivity index (χ3n) is 2.13. The van der Waals surface area contributed by atoms with Gasteiger partial charge in [0.05, 0.1) is 14.7 Å². The van der Waals surface area contributed by atoms with Crippen LogP contribution >= 0.6 is 0 Å². The van der Waals surface area contributed by atoms with Crippen LogP contribution in [-0.4, -0.2) is 31.0 Å². The van der Waals surface area contributed by atoms with Crippen LogP contribution in [0.15, 0.2) is 0 Å². The second-order valence-corrected chi connectivity index (χ2v) is 9.52. The summed E-state index contributed by atoms with van der Waals surface area (Å²) in [5.41, 5.74) is 0. The van der Waals surface area contributed by atoms with Crippen LogP contribution in [0.2, 0.25) is 19.6 Å². The fourth-order valence-corrected chi connectivity index (χ4v) is 1.26. The van der Waals surface area contributed by atoms with Crippen LogP contribution in [0, 0.1) is 0 Å². The molecule has 0 saturated carbocycles. The summed E-state index contributed by atoms with van der Waals surface area (Å²) in [5.74, 6) is -0.496. The van der Waals surface area contributed by atoms with Gasteiger partial charge >= 0.3 is 5.97 Å². The first kappa shape index (κ1) is 11.6. The lowest BCUT2D eigenvalue weighted by Gasteiger charge is -2.32. The summed E-state index contributed by atoms with van der Waals surface area (Å²) in [6, 6.07) is 0. The number of hydrogen-bond acceptors (Lipinski definition) is 3. The highest BCUT2D eigenvalue weighted by molar-refractivity contribution is 6.81. The van der Waals surface area contributed by atoms with E-state index in [4.69, 9.17) is 4.74 Å². The summed E-state index contributed by atoms with van der Waals surface area (Å²) in [7, 11) is -1.90. The molecule has 0 aromatic carbocycles. The van der Waals surface area contributed by atoms with Crippen molar-refractivity contribution < 1.29 is 14.6 Å². The molecule has 0 aliphatic carbocycles. The first-order valence-corrected chi connectivity index (χ1v) is 7.63. The van der Waals surface area contributed by atoms with E-state index in [0.29, 0.717) is 6.61 Å². The third kappa shape index (κ3) is 2.32. The number of aliphatic hydroxyl groups is 1. The van der Waals surface area contributed by atoms with Gasteiger partial charge in [-0.3, -0.25) is 0 Å². The number of rotatable bonds is 3. The Hall–Kier alpha value is -0.353. The fourth-order valence-electron chi connectivity index (χ4n) is 0.578. The number of carbonyl (C=O) groups excluding carboxylic acids is 1. The molecule has 3 nitrogen and oxygen atoms in total. The predicted molar refractivity (Wildman–Crippen MR) is 50.6 cm³/mol. The molecular formula is C8H18O3Si. The second kappa shape index (κ2) is 3.58. The van der Waals surface area contributed by atoms with E-state index in [1.165, 1.54) is 6.92 Å². The van der Waals surface area contributed by atoms with Crippen LogP contribution in [0.25, 0.3) is 0 Å². The SMILES string of the molecule is CCOC(=O)C(C)(O)[Si](C)(C)C. The number of hydrogen-bond donors (Lipinski definition) is 1. The van der Waals surface area contributed by atoms with Crippen LogP contribution in [0.1, 0.15) is 13.8 Å². The van der Waals surface area contributed by atoms with E-state index in [-0.39, 0.29) is 0 Å². The van der Waals surface area contributed by atoms with E-state index in [9.17, 15) is 9.90 Å². The Morgan fingerprint density at radius 3 is 2.17 bits per heavy atom. The number of ether oxygens (including phenoxy) is 1. The molecule has 12 heavy (non-hydrogen) atoms. The van der Waals surface area contributed by atoms with Gasteiger partial charge in [0.1, 0.15) is 5.22 Å². The highest BCUT2D eigenvalue weighted by atomic mass is 28.3. The van der Waals surface area contributed by atoms with Crippen LogP contribution in [0.4, 0.5) is 0 Å². The van der Waals surface area contributed by atoms with Gasteiger partial charge in [0.15, 0.2) is 0 Å². The van der Waals surface area contributed by atoms with E-state index in [1.54, 1.807) is 6.92 Å². The lowest BCUT2D eigenvalue weighted by molar-refractivity contribution is -0.156. The van der Waals surface area contributed by atoms with Crippen LogP contribution in [0.5, 0.6) is 0 Å². The molecule has 0 fully saturated rings. The molecule has 0 rings (SSSR count). The second-order valence-electron chi connectivity index (χ2n) is 4.04. The van der Waals surface area contributed by atoms with Gasteiger partial charge in [0, 0.05) is 0 Å². The van der Waals surface area contributed by atoms with Gasteiger partial charge in [0.2, 0.25) is 0 Å². The summed E-state index contributed by atoms with van der Waals surface area (Å²) >= 11 is 0. The fraction of sp³-hybridized carbons (Fsp3) is 0.875. The largest absolute Gasteiger partial charge is 0.464 e. The molecule has 1 N–H and O–H groups in total. The van der Waals surface area contributed by atoms with Crippen LogP contribution < -0.4 is 0 Å². The maximum absolute atomic E-state index is 11.3. The quantitative estimate of drug-likeness (QED) is 0.537. The first-order valence-electron chi connectivity index (χ1n) is 4.13. The van der Waals surface area contributed by atoms with E-state index in [1.807, 2.05) is 19.6 Å². The minimum atomic E-state index is -1.90. The molecule has 0 aliphatic heterocycles. The van der Waals surface area contributed by atoms with Gasteiger partial charge in [-0.05, 0) is 13.8 Å². The van der Waals surface area contributed by atoms with Crippen LogP contribution in [-0.2, 0) is 9.53 Å². The lowest BCUT2D eigenvalue weighted by atomic mass is 10.4. The zero-order valence-corrected chi connectivity index (χ0v) is 9.47. The highest BCUT2D eigenvalue weighted by Gasteiger charge is 2.45. The van der Waals surface area contributed by atoms with E-state index < -0.39 is 19.3 Å². The van der Waals surface area contributed by atoms with Crippen molar-refractivity contribution in [1.82, 2.24) is 0 Å². The minimum absolute atomic E-state index is 0.319. The Kier molecular flexibility index (Phi) is 3.47. The number of esters is 1. The van der Waals surface area contributed by atoms with Crippen molar-refractivity contribution in [2.45, 2.75) is 38.7 Å². The van der Waals surface area contributed by atoms with Crippen molar-refractivity contribution in [2.24, 2.45) is 0 Å². The molecule has 72 valence electrons. The third-order valence-corrected chi connectivity index (χ3v) is 5.26. The topological polar surface area (TPSA) is 46.5 Å². The molecular weight excluding hydrogens is 172 g/mol. The average Bonchev–Trinajstić information content (AvgIpc) is 1.85. The summed E-state index contributed by atoms with van der Waals surface area (Å²) in [6.45, 7) is 9.40. The summed E-state index contributed by atoms with van der Waals surface area (Å²) in [5, 5.41) is 8.56. The Morgan fingerprint density at radius 2 is 1.92 bits per heavy atom. The highest BCUT2D eigenvalue weighted by Crippen LogP contribution is 2.21. The molecule has 4 heteroatoms. The van der Waals surface area contributed by atoms with Crippen molar-refractivity contribution in [1.29, 1.82) is 0 Å². The first-order chi connectivity index (χ1) is 5.23. The maximum atomic E-state index is 11.3. The monoisotopic (exact) mass is 190 g/mol. The molecule has 0 heterocycles. The molecule has 0 bridgehead atoms. The van der Waals surface area contributed by atoms with Gasteiger partial charge < -0.3 is 9.84 Å². The van der Waals surface area contributed by atoms with Gasteiger partial charge in [-0.25, -0.2) is 4.79 Å². The summed E-state index contributed by atoms with van der Waals surface area (Å²) in [4.78, 5) is 11.3. The normalized spacial score (nSPS) is 16.8. The molecule has 0 saturated heterocycles. The molecule has 1 atom stereocenters. The standard InChI is InChI=1S/C8H18O3Si/c1-6-11-7(9)8(2,10)12(3,4)5/h10H,6H2,1-5H3. The van der Waals surface area contributed by atoms with Crippen LogP contribution in [0.3, 0.4) is 0 Å². The number of carbonyl (C=O) groups is 1. The van der Waals surface area contributed by atoms with Crippen molar-refractivity contribution >= 4 is 14.0 Å². The summed E-state index contributed by atoms with van der Waals surface area (Å²) in [6.07, 6.45) is 0. The van der Waals surface area contributed by atoms with Gasteiger partial charge in [-0.1, -0.05) is 19.6 Å². The Balaban J connectivity index is 4.50. The molecule has 1 unspecified atom stereocenters. The molecule has 0 aliphatic rings. The predicted octanol–water partition coefficient (Wildman–Crippen LogP) is 1.18. The van der Waals surface area contributed by atoms with Crippen molar-refractivity contribution in [3.63, 3.8) is 0 Å². The zero-order chi connectivity index (χ0) is 9.99. The maximum Gasteiger partial charge on any atom is 0.334 e. The van der Waals surface area contributed by atoms with Gasteiger partial charge in [0.25, 0.3) is 0 Å².